The van der Waals surface area contributed by atoms with Crippen LogP contribution in [0.3, 0.4) is 0 Å². The molecule has 0 bridgehead atoms. The lowest BCUT2D eigenvalue weighted by molar-refractivity contribution is -0.122. The van der Waals surface area contributed by atoms with E-state index in [0.717, 1.165) is 49.7 Å². The molecule has 1 saturated carbocycles. The summed E-state index contributed by atoms with van der Waals surface area (Å²) in [7, 11) is 0. The number of carbonyl (C=O) groups excluding carboxylic acids is 1. The molecule has 1 aliphatic carbocycles. The Hall–Kier alpha value is -1.31. The third-order valence-corrected chi connectivity index (χ3v) is 4.82. The number of likely N-dealkylation sites (tertiary alicyclic amines) is 1. The number of halogens is 1. The molecule has 0 aromatic heterocycles. The lowest BCUT2D eigenvalue weighted by Gasteiger charge is -2.24. The van der Waals surface area contributed by atoms with Gasteiger partial charge >= 0.3 is 0 Å². The fourth-order valence-corrected chi connectivity index (χ4v) is 3.18. The first-order valence-corrected chi connectivity index (χ1v) is 9.19. The molecule has 1 saturated heterocycles. The van der Waals surface area contributed by atoms with E-state index >= 15 is 0 Å². The van der Waals surface area contributed by atoms with Gasteiger partial charge < -0.3 is 15.5 Å². The molecule has 2 aliphatic rings. The van der Waals surface area contributed by atoms with Gasteiger partial charge in [-0.25, -0.2) is 4.99 Å². The number of aliphatic imine (C=N–C) groups is 1. The van der Waals surface area contributed by atoms with Gasteiger partial charge in [0, 0.05) is 31.2 Å². The second-order valence-electron chi connectivity index (χ2n) is 6.68. The van der Waals surface area contributed by atoms with E-state index in [1.165, 1.54) is 19.3 Å². The third-order valence-electron chi connectivity index (χ3n) is 4.82. The van der Waals surface area contributed by atoms with Gasteiger partial charge in [-0.15, -0.1) is 24.0 Å². The van der Waals surface area contributed by atoms with E-state index in [4.69, 9.17) is 4.99 Å². The van der Waals surface area contributed by atoms with Gasteiger partial charge in [0.15, 0.2) is 5.96 Å². The number of nitrogens with one attached hydrogen (secondary N) is 2. The fraction of sp³-hybridized carbons (Fsp3) is 0.579. The Balaban J connectivity index is 0.00000225. The molecule has 1 heterocycles. The molecule has 2 N–H and O–H groups in total. The second-order valence-corrected chi connectivity index (χ2v) is 6.68. The van der Waals surface area contributed by atoms with Gasteiger partial charge in [-0.1, -0.05) is 18.6 Å². The minimum absolute atomic E-state index is 0. The Labute approximate surface area is 167 Å². The van der Waals surface area contributed by atoms with Crippen LogP contribution in [-0.4, -0.2) is 36.4 Å². The van der Waals surface area contributed by atoms with Gasteiger partial charge in [0.1, 0.15) is 0 Å². The van der Waals surface area contributed by atoms with Crippen molar-refractivity contribution in [3.63, 3.8) is 0 Å². The van der Waals surface area contributed by atoms with E-state index in [-0.39, 0.29) is 35.8 Å². The zero-order valence-corrected chi connectivity index (χ0v) is 17.3. The molecule has 1 amide bonds. The molecule has 6 heteroatoms. The number of hydrogen-bond acceptors (Lipinski definition) is 2. The van der Waals surface area contributed by atoms with Crippen molar-refractivity contribution >= 4 is 41.5 Å². The Morgan fingerprint density at radius 2 is 2.00 bits per heavy atom. The summed E-state index contributed by atoms with van der Waals surface area (Å²) in [5.41, 5.74) is 2.00. The summed E-state index contributed by atoms with van der Waals surface area (Å²) >= 11 is 0. The van der Waals surface area contributed by atoms with Crippen molar-refractivity contribution in [1.29, 1.82) is 0 Å². The summed E-state index contributed by atoms with van der Waals surface area (Å²) < 4.78 is 0. The number of anilines is 1. The van der Waals surface area contributed by atoms with E-state index in [1.807, 2.05) is 18.2 Å². The average molecular weight is 456 g/mol. The van der Waals surface area contributed by atoms with Gasteiger partial charge in [0.2, 0.25) is 5.91 Å². The largest absolute Gasteiger partial charge is 0.357 e. The van der Waals surface area contributed by atoms with Crippen LogP contribution in [0.1, 0.15) is 44.6 Å². The van der Waals surface area contributed by atoms with Crippen LogP contribution in [-0.2, 0) is 11.3 Å². The smallest absolute Gasteiger partial charge is 0.227 e. The molecule has 5 nitrogen and oxygen atoms in total. The van der Waals surface area contributed by atoms with Crippen LogP contribution in [0.15, 0.2) is 29.3 Å². The number of rotatable bonds is 5. The highest BCUT2D eigenvalue weighted by molar-refractivity contribution is 14.0. The number of benzene rings is 1. The second kappa shape index (κ2) is 9.99. The van der Waals surface area contributed by atoms with Crippen molar-refractivity contribution in [3.8, 4) is 0 Å². The summed E-state index contributed by atoms with van der Waals surface area (Å²) in [4.78, 5) is 19.2. The molecule has 138 valence electrons. The minimum Gasteiger partial charge on any atom is -0.357 e. The first-order valence-electron chi connectivity index (χ1n) is 9.19. The highest BCUT2D eigenvalue weighted by Gasteiger charge is 2.25. The molecular formula is C19H29IN4O. The number of nitrogens with zero attached hydrogens (tertiary/aromatic N) is 2. The zero-order valence-electron chi connectivity index (χ0n) is 15.0. The summed E-state index contributed by atoms with van der Waals surface area (Å²) in [6.45, 7) is 5.79. The SMILES string of the molecule is CCNC(=NCc1cccc(NC(=O)C2CCC2)c1)N1CCCC1.I. The Morgan fingerprint density at radius 1 is 1.24 bits per heavy atom. The standard InChI is InChI=1S/C19H28N4O.HI/c1-2-20-19(23-11-3-4-12-23)21-14-15-7-5-10-17(13-15)22-18(24)16-8-6-9-16;/h5,7,10,13,16H,2-4,6,8-9,11-12,14H2,1H3,(H,20,21)(H,22,24);1H. The number of guanidine groups is 1. The molecule has 1 aromatic rings. The summed E-state index contributed by atoms with van der Waals surface area (Å²) in [5.74, 6) is 1.37. The Bertz CT molecular complexity index is 595. The maximum Gasteiger partial charge on any atom is 0.227 e. The van der Waals surface area contributed by atoms with Crippen LogP contribution in [0, 0.1) is 5.92 Å². The fourth-order valence-electron chi connectivity index (χ4n) is 3.18. The van der Waals surface area contributed by atoms with Crippen LogP contribution >= 0.6 is 24.0 Å². The zero-order chi connectivity index (χ0) is 16.8. The molecule has 25 heavy (non-hydrogen) atoms. The highest BCUT2D eigenvalue weighted by atomic mass is 127. The Kier molecular flexibility index (Phi) is 7.99. The first-order chi connectivity index (χ1) is 11.8. The maximum atomic E-state index is 12.1. The molecule has 1 aromatic carbocycles. The lowest BCUT2D eigenvalue weighted by Crippen LogP contribution is -2.39. The molecular weight excluding hydrogens is 427 g/mol. The van der Waals surface area contributed by atoms with Crippen molar-refractivity contribution in [3.05, 3.63) is 29.8 Å². The van der Waals surface area contributed by atoms with Crippen molar-refractivity contribution in [2.75, 3.05) is 25.0 Å². The molecule has 1 aliphatic heterocycles. The topological polar surface area (TPSA) is 56.7 Å². The van der Waals surface area contributed by atoms with Gasteiger partial charge in [-0.05, 0) is 50.3 Å². The van der Waals surface area contributed by atoms with E-state index in [0.29, 0.717) is 6.54 Å². The predicted molar refractivity (Wildman–Crippen MR) is 113 cm³/mol. The normalized spacial score (nSPS) is 17.6. The summed E-state index contributed by atoms with van der Waals surface area (Å²) in [5, 5.41) is 6.42. The van der Waals surface area contributed by atoms with Crippen molar-refractivity contribution in [2.45, 2.75) is 45.6 Å². The van der Waals surface area contributed by atoms with Crippen LogP contribution in [0.5, 0.6) is 0 Å². The van der Waals surface area contributed by atoms with Crippen LogP contribution in [0.4, 0.5) is 5.69 Å². The van der Waals surface area contributed by atoms with Crippen LogP contribution in [0.2, 0.25) is 0 Å². The van der Waals surface area contributed by atoms with Gasteiger partial charge in [0.25, 0.3) is 0 Å². The number of amides is 1. The van der Waals surface area contributed by atoms with Gasteiger partial charge in [-0.3, -0.25) is 4.79 Å². The lowest BCUT2D eigenvalue weighted by atomic mass is 9.85. The van der Waals surface area contributed by atoms with E-state index in [2.05, 4.69) is 28.5 Å². The summed E-state index contributed by atoms with van der Waals surface area (Å²) in [6, 6.07) is 8.04. The van der Waals surface area contributed by atoms with Gasteiger partial charge in [-0.2, -0.15) is 0 Å². The van der Waals surface area contributed by atoms with Crippen molar-refractivity contribution < 1.29 is 4.79 Å². The van der Waals surface area contributed by atoms with E-state index in [9.17, 15) is 4.79 Å². The quantitative estimate of drug-likeness (QED) is 0.405. The minimum atomic E-state index is 0. The van der Waals surface area contributed by atoms with Crippen molar-refractivity contribution in [1.82, 2.24) is 10.2 Å². The Morgan fingerprint density at radius 3 is 2.64 bits per heavy atom. The molecule has 0 spiro atoms. The molecule has 2 fully saturated rings. The van der Waals surface area contributed by atoms with E-state index < -0.39 is 0 Å². The average Bonchev–Trinajstić information content (AvgIpc) is 3.04. The third kappa shape index (κ3) is 5.59. The summed E-state index contributed by atoms with van der Waals surface area (Å²) in [6.07, 6.45) is 5.71. The molecule has 0 unspecified atom stereocenters. The van der Waals surface area contributed by atoms with Gasteiger partial charge in [0.05, 0.1) is 6.54 Å². The first kappa shape index (κ1) is 20.0. The van der Waals surface area contributed by atoms with E-state index in [1.54, 1.807) is 0 Å². The maximum absolute atomic E-state index is 12.1. The number of carbonyl (C=O) groups is 1. The van der Waals surface area contributed by atoms with Crippen molar-refractivity contribution in [2.24, 2.45) is 10.9 Å². The highest BCUT2D eigenvalue weighted by Crippen LogP contribution is 2.27. The molecule has 3 rings (SSSR count). The molecule has 0 atom stereocenters. The predicted octanol–water partition coefficient (Wildman–Crippen LogP) is 3.60. The molecule has 0 radical (unpaired) electrons. The van der Waals surface area contributed by atoms with Crippen LogP contribution in [0.25, 0.3) is 0 Å². The monoisotopic (exact) mass is 456 g/mol. The van der Waals surface area contributed by atoms with Crippen LogP contribution < -0.4 is 10.6 Å². The number of hydrogen-bond donors (Lipinski definition) is 2.